The third-order valence-corrected chi connectivity index (χ3v) is 5.46. The second-order valence-electron chi connectivity index (χ2n) is 5.26. The lowest BCUT2D eigenvalue weighted by molar-refractivity contribution is -0.199. The average molecular weight is 326 g/mol. The van der Waals surface area contributed by atoms with Gasteiger partial charge in [0.25, 0.3) is 0 Å². The molecule has 1 fully saturated rings. The van der Waals surface area contributed by atoms with Gasteiger partial charge in [0.1, 0.15) is 0 Å². The summed E-state index contributed by atoms with van der Waals surface area (Å²) < 4.78 is 39.8. The highest BCUT2D eigenvalue weighted by Gasteiger charge is 2.48. The average Bonchev–Trinajstić information content (AvgIpc) is 2.81. The maximum atomic E-state index is 13.3. The van der Waals surface area contributed by atoms with Gasteiger partial charge in [0.15, 0.2) is 0 Å². The van der Waals surface area contributed by atoms with Crippen molar-refractivity contribution in [1.82, 2.24) is 5.32 Å². The van der Waals surface area contributed by atoms with Gasteiger partial charge in [-0.15, -0.1) is 11.3 Å². The second kappa shape index (κ2) is 6.67. The molecular weight excluding hydrogens is 307 g/mol. The van der Waals surface area contributed by atoms with Crippen molar-refractivity contribution in [2.75, 3.05) is 6.54 Å². The minimum atomic E-state index is -4.12. The van der Waals surface area contributed by atoms with Crippen LogP contribution in [0.25, 0.3) is 0 Å². The van der Waals surface area contributed by atoms with Gasteiger partial charge in [-0.25, -0.2) is 0 Å². The minimum absolute atomic E-state index is 0.235. The molecule has 1 heterocycles. The molecule has 1 aromatic rings. The van der Waals surface area contributed by atoms with Crippen LogP contribution in [-0.2, 0) is 0 Å². The number of alkyl halides is 3. The normalized spacial score (nSPS) is 25.6. The van der Waals surface area contributed by atoms with Gasteiger partial charge in [0.05, 0.1) is 10.9 Å². The molecule has 0 amide bonds. The monoisotopic (exact) mass is 325 g/mol. The maximum Gasteiger partial charge on any atom is 0.392 e. The summed E-state index contributed by atoms with van der Waals surface area (Å²) in [6.45, 7) is 2.56. The quantitative estimate of drug-likeness (QED) is 0.779. The summed E-state index contributed by atoms with van der Waals surface area (Å²) in [6.07, 6.45) is -1.75. The van der Waals surface area contributed by atoms with Gasteiger partial charge in [0.2, 0.25) is 0 Å². The Kier molecular flexibility index (Phi) is 5.37. The molecular formula is C14H19ClF3NS. The van der Waals surface area contributed by atoms with Crippen LogP contribution in [0.15, 0.2) is 11.4 Å². The molecule has 1 nitrogen and oxygen atoms in total. The molecule has 1 aliphatic carbocycles. The fraction of sp³-hybridized carbons (Fsp3) is 0.714. The Morgan fingerprint density at radius 1 is 1.40 bits per heavy atom. The van der Waals surface area contributed by atoms with Crippen molar-refractivity contribution in [2.45, 2.75) is 44.8 Å². The first-order valence-electron chi connectivity index (χ1n) is 6.98. The number of nitrogens with one attached hydrogen (secondary N) is 1. The van der Waals surface area contributed by atoms with E-state index in [1.165, 1.54) is 11.3 Å². The molecule has 3 unspecified atom stereocenters. The van der Waals surface area contributed by atoms with Gasteiger partial charge in [-0.2, -0.15) is 13.2 Å². The van der Waals surface area contributed by atoms with E-state index in [2.05, 4.69) is 5.32 Å². The Morgan fingerprint density at radius 3 is 2.65 bits per heavy atom. The lowest BCUT2D eigenvalue weighted by Gasteiger charge is -2.38. The van der Waals surface area contributed by atoms with Crippen LogP contribution in [0.4, 0.5) is 13.2 Å². The van der Waals surface area contributed by atoms with E-state index in [4.69, 9.17) is 11.6 Å². The van der Waals surface area contributed by atoms with Crippen molar-refractivity contribution in [1.29, 1.82) is 0 Å². The number of thiophene rings is 1. The Labute approximate surface area is 126 Å². The van der Waals surface area contributed by atoms with Gasteiger partial charge >= 0.3 is 6.18 Å². The highest BCUT2D eigenvalue weighted by Crippen LogP contribution is 2.48. The first-order valence-corrected chi connectivity index (χ1v) is 8.24. The zero-order valence-corrected chi connectivity index (χ0v) is 12.9. The summed E-state index contributed by atoms with van der Waals surface area (Å²) in [4.78, 5) is 0.842. The number of halogens is 4. The first kappa shape index (κ1) is 16.1. The van der Waals surface area contributed by atoms with Gasteiger partial charge < -0.3 is 5.32 Å². The van der Waals surface area contributed by atoms with Crippen molar-refractivity contribution in [3.8, 4) is 0 Å². The fourth-order valence-electron chi connectivity index (χ4n) is 3.15. The predicted molar refractivity (Wildman–Crippen MR) is 77.2 cm³/mol. The van der Waals surface area contributed by atoms with E-state index in [1.807, 2.05) is 12.3 Å². The Bertz CT molecular complexity index is 432. The van der Waals surface area contributed by atoms with Crippen LogP contribution in [0.1, 0.15) is 43.5 Å². The van der Waals surface area contributed by atoms with Crippen molar-refractivity contribution < 1.29 is 13.2 Å². The van der Waals surface area contributed by atoms with Crippen LogP contribution in [0, 0.1) is 11.8 Å². The lowest BCUT2D eigenvalue weighted by atomic mass is 9.74. The third-order valence-electron chi connectivity index (χ3n) is 4.02. The molecule has 114 valence electrons. The van der Waals surface area contributed by atoms with E-state index >= 15 is 0 Å². The van der Waals surface area contributed by atoms with Crippen LogP contribution in [0.2, 0.25) is 5.02 Å². The minimum Gasteiger partial charge on any atom is -0.309 e. The van der Waals surface area contributed by atoms with E-state index in [-0.39, 0.29) is 12.5 Å². The van der Waals surface area contributed by atoms with Crippen molar-refractivity contribution in [3.05, 3.63) is 21.3 Å². The van der Waals surface area contributed by atoms with Crippen molar-refractivity contribution in [2.24, 2.45) is 11.8 Å². The number of hydrogen-bond acceptors (Lipinski definition) is 2. The van der Waals surface area contributed by atoms with Crippen molar-refractivity contribution >= 4 is 22.9 Å². The molecule has 3 atom stereocenters. The second-order valence-corrected chi connectivity index (χ2v) is 6.62. The van der Waals surface area contributed by atoms with E-state index in [0.717, 1.165) is 11.3 Å². The molecule has 20 heavy (non-hydrogen) atoms. The van der Waals surface area contributed by atoms with Gasteiger partial charge in [-0.05, 0) is 36.8 Å². The fourth-order valence-corrected chi connectivity index (χ4v) is 4.48. The first-order chi connectivity index (χ1) is 9.45. The zero-order chi connectivity index (χ0) is 14.8. The van der Waals surface area contributed by atoms with E-state index in [1.54, 1.807) is 6.07 Å². The van der Waals surface area contributed by atoms with Gasteiger partial charge in [0, 0.05) is 10.9 Å². The van der Waals surface area contributed by atoms with Crippen LogP contribution >= 0.6 is 22.9 Å². The summed E-state index contributed by atoms with van der Waals surface area (Å²) in [7, 11) is 0. The van der Waals surface area contributed by atoms with E-state index in [0.29, 0.717) is 24.4 Å². The SMILES string of the molecule is CCNC(c1sccc1Cl)C1CCCCC1C(F)(F)F. The van der Waals surface area contributed by atoms with Crippen LogP contribution in [0.5, 0.6) is 0 Å². The predicted octanol–water partition coefficient (Wildman–Crippen LogP) is 5.42. The summed E-state index contributed by atoms with van der Waals surface area (Å²) in [5.74, 6) is -1.64. The molecule has 0 saturated heterocycles. The smallest absolute Gasteiger partial charge is 0.309 e. The Morgan fingerprint density at radius 2 is 2.10 bits per heavy atom. The van der Waals surface area contributed by atoms with E-state index < -0.39 is 18.0 Å². The largest absolute Gasteiger partial charge is 0.392 e. The highest BCUT2D eigenvalue weighted by molar-refractivity contribution is 7.10. The molecule has 6 heteroatoms. The number of rotatable bonds is 4. The van der Waals surface area contributed by atoms with Crippen LogP contribution in [-0.4, -0.2) is 12.7 Å². The molecule has 2 rings (SSSR count). The Balaban J connectivity index is 2.29. The molecule has 1 saturated carbocycles. The topological polar surface area (TPSA) is 12.0 Å². The molecule has 1 N–H and O–H groups in total. The molecule has 0 radical (unpaired) electrons. The molecule has 0 aromatic carbocycles. The summed E-state index contributed by atoms with van der Waals surface area (Å²) >= 11 is 7.58. The third kappa shape index (κ3) is 3.49. The summed E-state index contributed by atoms with van der Waals surface area (Å²) in [5.41, 5.74) is 0. The standard InChI is InChI=1S/C14H19ClF3NS/c1-2-19-12(13-11(15)7-8-20-13)9-5-3-4-6-10(9)14(16,17)18/h7-10,12,19H,2-6H2,1H3. The molecule has 1 aliphatic rings. The molecule has 0 bridgehead atoms. The lowest BCUT2D eigenvalue weighted by Crippen LogP contribution is -2.40. The molecule has 0 aliphatic heterocycles. The van der Waals surface area contributed by atoms with Gasteiger partial charge in [-0.1, -0.05) is 31.4 Å². The maximum absolute atomic E-state index is 13.3. The highest BCUT2D eigenvalue weighted by atomic mass is 35.5. The van der Waals surface area contributed by atoms with Crippen LogP contribution in [0.3, 0.4) is 0 Å². The summed E-state index contributed by atoms with van der Waals surface area (Å²) in [6, 6.07) is 1.47. The van der Waals surface area contributed by atoms with Crippen molar-refractivity contribution in [3.63, 3.8) is 0 Å². The van der Waals surface area contributed by atoms with E-state index in [9.17, 15) is 13.2 Å². The Hall–Kier alpha value is -0.260. The summed E-state index contributed by atoms with van der Waals surface area (Å²) in [5, 5.41) is 5.64. The van der Waals surface area contributed by atoms with Gasteiger partial charge in [-0.3, -0.25) is 0 Å². The zero-order valence-electron chi connectivity index (χ0n) is 11.3. The van der Waals surface area contributed by atoms with Crippen LogP contribution < -0.4 is 5.32 Å². The molecule has 1 aromatic heterocycles. The molecule has 0 spiro atoms. The number of hydrogen-bond donors (Lipinski definition) is 1.